The average molecular weight is 871 g/mol. The lowest BCUT2D eigenvalue weighted by molar-refractivity contribution is 0.169. The zero-order valence-electron chi connectivity index (χ0n) is 37.2. The molecule has 14 rings (SSSR count). The van der Waals surface area contributed by atoms with Crippen molar-refractivity contribution in [3.05, 3.63) is 77.7 Å². The van der Waals surface area contributed by atoms with Gasteiger partial charge in [-0.25, -0.2) is 30.0 Å². The fraction of sp³-hybridized carbons (Fsp3) is 0.347. The minimum atomic E-state index is 0.213. The summed E-state index contributed by atoms with van der Waals surface area (Å²) in [5.74, 6) is 8.84. The summed E-state index contributed by atoms with van der Waals surface area (Å²) >= 11 is 0. The van der Waals surface area contributed by atoms with Crippen LogP contribution >= 0.6 is 0 Å². The highest BCUT2D eigenvalue weighted by atomic mass is 16.6. The number of aliphatic imine (C=N–C) groups is 4. The molecule has 8 aliphatic rings. The minimum Gasteiger partial charge on any atom is -0.486 e. The molecule has 10 heterocycles. The zero-order valence-corrected chi connectivity index (χ0v) is 37.2. The predicted molar refractivity (Wildman–Crippen MR) is 242 cm³/mol. The largest absolute Gasteiger partial charge is 0.486 e. The molecule has 0 amide bonds. The van der Waals surface area contributed by atoms with Crippen molar-refractivity contribution in [3.63, 3.8) is 0 Å². The number of fused-ring (bicyclic) bond motifs is 18. The van der Waals surface area contributed by atoms with E-state index in [2.05, 4.69) is 36.8 Å². The van der Waals surface area contributed by atoms with Crippen molar-refractivity contribution in [1.82, 2.24) is 9.13 Å². The van der Waals surface area contributed by atoms with Gasteiger partial charge < -0.3 is 37.9 Å². The SMILES string of the molecule is Cc1c2c(c(C)c3c1C1=NC3=Nc3c4c(C)c5c(c(C)c4c4n3Cn3c(c6c(C)c7c(c(C)c6c3=NC3=NC(=N4)c4c(C)c6c(c(C)c43)OCCO6)OCCO7)=N1)OCCO5)OCCO2. The van der Waals surface area contributed by atoms with Gasteiger partial charge in [-0.05, 0) is 55.4 Å². The van der Waals surface area contributed by atoms with E-state index in [-0.39, 0.29) is 6.67 Å². The summed E-state index contributed by atoms with van der Waals surface area (Å²) < 4.78 is 55.4. The van der Waals surface area contributed by atoms with Crippen LogP contribution in [0.2, 0.25) is 0 Å². The summed E-state index contributed by atoms with van der Waals surface area (Å²) in [6, 6.07) is 0. The fourth-order valence-corrected chi connectivity index (χ4v) is 11.3. The molecule has 0 N–H and O–H groups in total. The van der Waals surface area contributed by atoms with Crippen LogP contribution in [-0.4, -0.2) is 85.3 Å². The van der Waals surface area contributed by atoms with Crippen molar-refractivity contribution in [3.8, 4) is 46.0 Å². The maximum Gasteiger partial charge on any atom is 0.165 e. The number of ether oxygens (including phenoxy) is 8. The Labute approximate surface area is 371 Å². The Morgan fingerprint density at radius 3 is 0.862 bits per heavy atom. The van der Waals surface area contributed by atoms with Crippen LogP contribution in [0.5, 0.6) is 46.0 Å². The van der Waals surface area contributed by atoms with E-state index in [0.29, 0.717) is 145 Å². The summed E-state index contributed by atoms with van der Waals surface area (Å²) in [5, 5.41) is 3.47. The van der Waals surface area contributed by atoms with Crippen LogP contribution in [0, 0.1) is 55.4 Å². The van der Waals surface area contributed by atoms with Gasteiger partial charge in [0.05, 0.1) is 0 Å². The molecule has 2 aromatic heterocycles. The van der Waals surface area contributed by atoms with Gasteiger partial charge in [-0.2, -0.15) is 0 Å². The fourth-order valence-electron chi connectivity index (χ4n) is 11.3. The number of hydrogen-bond donors (Lipinski definition) is 0. The van der Waals surface area contributed by atoms with Gasteiger partial charge in [-0.1, -0.05) is 0 Å². The molecule has 0 radical (unpaired) electrons. The highest BCUT2D eigenvalue weighted by molar-refractivity contribution is 6.27. The van der Waals surface area contributed by atoms with Gasteiger partial charge in [-0.15, -0.1) is 0 Å². The lowest BCUT2D eigenvalue weighted by Crippen LogP contribution is -2.32. The van der Waals surface area contributed by atoms with Gasteiger partial charge >= 0.3 is 0 Å². The average Bonchev–Trinajstić information content (AvgIpc) is 4.05. The molecule has 8 aliphatic heterocycles. The van der Waals surface area contributed by atoms with Gasteiger partial charge in [0.1, 0.15) is 82.1 Å². The molecule has 65 heavy (non-hydrogen) atoms. The Kier molecular flexibility index (Phi) is 7.22. The molecule has 16 nitrogen and oxygen atoms in total. The van der Waals surface area contributed by atoms with Gasteiger partial charge in [0, 0.05) is 88.3 Å². The Morgan fingerprint density at radius 1 is 0.292 bits per heavy atom. The van der Waals surface area contributed by atoms with Crippen molar-refractivity contribution in [2.45, 2.75) is 62.1 Å². The van der Waals surface area contributed by atoms with Crippen molar-refractivity contribution in [2.75, 3.05) is 52.9 Å². The highest BCUT2D eigenvalue weighted by Gasteiger charge is 2.39. The van der Waals surface area contributed by atoms with Crippen LogP contribution in [0.1, 0.15) is 66.8 Å². The van der Waals surface area contributed by atoms with E-state index in [1.165, 1.54) is 0 Å². The summed E-state index contributed by atoms with van der Waals surface area (Å²) in [6.07, 6.45) is 0. The predicted octanol–water partition coefficient (Wildman–Crippen LogP) is 6.60. The van der Waals surface area contributed by atoms with Gasteiger partial charge in [0.25, 0.3) is 0 Å². The third kappa shape index (κ3) is 4.56. The number of rotatable bonds is 0. The summed E-state index contributed by atoms with van der Waals surface area (Å²) in [6.45, 7) is 20.1. The molecule has 6 aromatic rings. The van der Waals surface area contributed by atoms with E-state index in [4.69, 9.17) is 67.8 Å². The second-order valence-corrected chi connectivity index (χ2v) is 17.7. The van der Waals surface area contributed by atoms with E-state index < -0.39 is 0 Å². The van der Waals surface area contributed by atoms with Crippen molar-refractivity contribution >= 4 is 56.5 Å². The second kappa shape index (κ2) is 12.7. The monoisotopic (exact) mass is 870 g/mol. The van der Waals surface area contributed by atoms with Gasteiger partial charge in [0.15, 0.2) is 69.3 Å². The maximum absolute atomic E-state index is 6.43. The van der Waals surface area contributed by atoms with Crippen molar-refractivity contribution < 1.29 is 37.9 Å². The Bertz CT molecular complexity index is 3400. The number of amidine groups is 4. The molecule has 6 bridgehead atoms. The molecule has 0 aliphatic carbocycles. The van der Waals surface area contributed by atoms with Crippen LogP contribution in [-0.2, 0) is 6.67 Å². The highest BCUT2D eigenvalue weighted by Crippen LogP contribution is 2.53. The molecule has 0 atom stereocenters. The topological polar surface area (TPSA) is 158 Å². The first-order valence-electron chi connectivity index (χ1n) is 22.2. The number of aromatic nitrogens is 2. The number of aryl methyl sites for hydroxylation is 4. The molecule has 0 unspecified atom stereocenters. The third-order valence-corrected chi connectivity index (χ3v) is 14.2. The summed E-state index contributed by atoms with van der Waals surface area (Å²) in [5.41, 5.74) is 11.7. The maximum atomic E-state index is 6.43. The standard InChI is InChI=1S/C49H42N8O8/c1-18-26-27(19(2)35-34(18)58-9-10-59-35)43-50-42(26)52-46-30-22(5)38-39(63-14-13-62-38)23(6)31(30)48-54-44-28-20(3)36-37(61-12-11-60-36)21(4)29(28)45(51-44)55-49-33-25(8)41-40(64-15-16-65-41)24(7)32(33)47(53-43)57(49)17-56(46)48/h9-17H2,1-8H3. The molecule has 0 saturated carbocycles. The van der Waals surface area contributed by atoms with Gasteiger partial charge in [-0.3, -0.25) is 9.13 Å². The molecular weight excluding hydrogens is 829 g/mol. The van der Waals surface area contributed by atoms with Crippen LogP contribution in [0.25, 0.3) is 21.5 Å². The number of hydrogen-bond acceptors (Lipinski definition) is 14. The van der Waals surface area contributed by atoms with Crippen LogP contribution < -0.4 is 48.9 Å². The molecule has 4 aromatic carbocycles. The van der Waals surface area contributed by atoms with Crippen molar-refractivity contribution in [1.29, 1.82) is 0 Å². The first kappa shape index (κ1) is 37.1. The smallest absolute Gasteiger partial charge is 0.165 e. The van der Waals surface area contributed by atoms with Crippen LogP contribution in [0.3, 0.4) is 0 Å². The summed E-state index contributed by atoms with van der Waals surface area (Å²) in [4.78, 5) is 33.3. The zero-order chi connectivity index (χ0) is 43.9. The van der Waals surface area contributed by atoms with E-state index in [1.807, 2.05) is 27.7 Å². The Hall–Kier alpha value is -7.36. The number of benzene rings is 4. The first-order valence-corrected chi connectivity index (χ1v) is 22.2. The lowest BCUT2D eigenvalue weighted by atomic mass is 9.95. The van der Waals surface area contributed by atoms with E-state index in [9.17, 15) is 0 Å². The van der Waals surface area contributed by atoms with E-state index in [0.717, 1.165) is 88.3 Å². The quantitative estimate of drug-likeness (QED) is 0.165. The lowest BCUT2D eigenvalue weighted by Gasteiger charge is -2.24. The molecule has 0 fully saturated rings. The van der Waals surface area contributed by atoms with E-state index >= 15 is 0 Å². The molecule has 0 saturated heterocycles. The Morgan fingerprint density at radius 2 is 0.554 bits per heavy atom. The minimum absolute atomic E-state index is 0.213. The molecule has 326 valence electrons. The molecule has 16 heteroatoms. The van der Waals surface area contributed by atoms with Crippen LogP contribution in [0.15, 0.2) is 30.0 Å². The van der Waals surface area contributed by atoms with E-state index in [1.54, 1.807) is 0 Å². The third-order valence-electron chi connectivity index (χ3n) is 14.2. The van der Waals surface area contributed by atoms with Crippen LogP contribution in [0.4, 0.5) is 11.6 Å². The van der Waals surface area contributed by atoms with Crippen molar-refractivity contribution in [2.24, 2.45) is 30.0 Å². The normalized spacial score (nSPS) is 17.7. The first-order chi connectivity index (χ1) is 31.6. The molecular formula is C49H42N8O8. The van der Waals surface area contributed by atoms with Gasteiger partial charge in [0.2, 0.25) is 0 Å². The Balaban J connectivity index is 1.24. The summed E-state index contributed by atoms with van der Waals surface area (Å²) in [7, 11) is 0. The second-order valence-electron chi connectivity index (χ2n) is 17.7. The number of nitrogens with zero attached hydrogens (tertiary/aromatic N) is 8. The molecule has 0 spiro atoms.